The van der Waals surface area contributed by atoms with Crippen LogP contribution in [0.15, 0.2) is 18.3 Å². The molecule has 0 spiro atoms. The van der Waals surface area contributed by atoms with Gasteiger partial charge in [0.05, 0.1) is 12.3 Å². The summed E-state index contributed by atoms with van der Waals surface area (Å²) in [4.78, 5) is 15.6. The number of rotatable bonds is 4. The molecule has 100 valence electrons. The quantitative estimate of drug-likeness (QED) is 0.893. The third-order valence-electron chi connectivity index (χ3n) is 1.83. The van der Waals surface area contributed by atoms with E-state index in [1.165, 1.54) is 0 Å². The van der Waals surface area contributed by atoms with E-state index < -0.39 is 11.7 Å². The molecule has 0 unspecified atom stereocenters. The maximum absolute atomic E-state index is 11.6. The third-order valence-corrected chi connectivity index (χ3v) is 1.83. The van der Waals surface area contributed by atoms with Crippen LogP contribution in [0.4, 0.5) is 10.5 Å². The monoisotopic (exact) mass is 252 g/mol. The van der Waals surface area contributed by atoms with E-state index in [0.717, 1.165) is 6.42 Å². The molecule has 1 amide bonds. The Balaban J connectivity index is 2.59. The van der Waals surface area contributed by atoms with Crippen LogP contribution in [0, 0.1) is 0 Å². The summed E-state index contributed by atoms with van der Waals surface area (Å²) >= 11 is 0. The smallest absolute Gasteiger partial charge is 0.412 e. The molecule has 0 aliphatic carbocycles. The molecule has 0 aromatic carbocycles. The van der Waals surface area contributed by atoms with Crippen molar-refractivity contribution in [2.45, 2.75) is 39.7 Å². The van der Waals surface area contributed by atoms with Gasteiger partial charge in [-0.15, -0.1) is 0 Å². The van der Waals surface area contributed by atoms with Crippen molar-refractivity contribution in [1.82, 2.24) is 4.98 Å². The Hall–Kier alpha value is -1.78. The van der Waals surface area contributed by atoms with Crippen molar-refractivity contribution in [1.29, 1.82) is 0 Å². The zero-order valence-corrected chi connectivity index (χ0v) is 11.3. The standard InChI is InChI=1S/C13H20N2O3/c1-5-8-17-11-9-10(6-7-14-11)15-12(16)18-13(2,3)4/h6-7,9H,5,8H2,1-4H3,(H,14,15,16). The van der Waals surface area contributed by atoms with Gasteiger partial charge < -0.3 is 9.47 Å². The number of ether oxygens (including phenoxy) is 2. The topological polar surface area (TPSA) is 60.5 Å². The summed E-state index contributed by atoms with van der Waals surface area (Å²) in [7, 11) is 0. The van der Waals surface area contributed by atoms with Crippen LogP contribution in [-0.2, 0) is 4.74 Å². The number of anilines is 1. The SMILES string of the molecule is CCCOc1cc(NC(=O)OC(C)(C)C)ccn1. The maximum atomic E-state index is 11.6. The number of nitrogens with zero attached hydrogens (tertiary/aromatic N) is 1. The molecule has 0 fully saturated rings. The van der Waals surface area contributed by atoms with Gasteiger partial charge in [-0.2, -0.15) is 0 Å². The van der Waals surface area contributed by atoms with Crippen molar-refractivity contribution in [3.05, 3.63) is 18.3 Å². The summed E-state index contributed by atoms with van der Waals surface area (Å²) in [6.45, 7) is 8.06. The summed E-state index contributed by atoms with van der Waals surface area (Å²) in [5.74, 6) is 0.491. The van der Waals surface area contributed by atoms with E-state index in [9.17, 15) is 4.79 Å². The van der Waals surface area contributed by atoms with E-state index in [-0.39, 0.29) is 0 Å². The average molecular weight is 252 g/mol. The predicted molar refractivity (Wildman–Crippen MR) is 69.9 cm³/mol. The Kier molecular flexibility index (Phi) is 4.95. The van der Waals surface area contributed by atoms with Crippen LogP contribution in [0.5, 0.6) is 5.88 Å². The Morgan fingerprint density at radius 1 is 1.44 bits per heavy atom. The van der Waals surface area contributed by atoms with Crippen LogP contribution < -0.4 is 10.1 Å². The lowest BCUT2D eigenvalue weighted by atomic mass is 10.2. The van der Waals surface area contributed by atoms with E-state index in [4.69, 9.17) is 9.47 Å². The third kappa shape index (κ3) is 5.52. The van der Waals surface area contributed by atoms with Gasteiger partial charge in [-0.3, -0.25) is 5.32 Å². The molecular weight excluding hydrogens is 232 g/mol. The van der Waals surface area contributed by atoms with E-state index in [1.54, 1.807) is 18.3 Å². The minimum absolute atomic E-state index is 0.491. The van der Waals surface area contributed by atoms with Gasteiger partial charge in [0.1, 0.15) is 5.60 Å². The fraction of sp³-hybridized carbons (Fsp3) is 0.538. The molecule has 1 heterocycles. The van der Waals surface area contributed by atoms with Crippen molar-refractivity contribution < 1.29 is 14.3 Å². The molecule has 1 rings (SSSR count). The molecule has 1 aromatic rings. The first-order valence-electron chi connectivity index (χ1n) is 5.99. The van der Waals surface area contributed by atoms with Crippen molar-refractivity contribution >= 4 is 11.8 Å². The van der Waals surface area contributed by atoms with Gasteiger partial charge in [-0.05, 0) is 33.3 Å². The van der Waals surface area contributed by atoms with Gasteiger partial charge in [-0.1, -0.05) is 6.92 Å². The minimum atomic E-state index is -0.515. The second-order valence-electron chi connectivity index (χ2n) is 4.86. The van der Waals surface area contributed by atoms with Crippen molar-refractivity contribution in [3.63, 3.8) is 0 Å². The molecular formula is C13H20N2O3. The molecule has 0 radical (unpaired) electrons. The number of nitrogens with one attached hydrogen (secondary N) is 1. The first kappa shape index (κ1) is 14.3. The first-order chi connectivity index (χ1) is 8.40. The number of carbonyl (C=O) groups is 1. The van der Waals surface area contributed by atoms with Crippen molar-refractivity contribution in [2.75, 3.05) is 11.9 Å². The highest BCUT2D eigenvalue weighted by atomic mass is 16.6. The summed E-state index contributed by atoms with van der Waals surface area (Å²) in [6.07, 6.45) is 2.00. The molecule has 1 aromatic heterocycles. The predicted octanol–water partition coefficient (Wildman–Crippen LogP) is 3.22. The largest absolute Gasteiger partial charge is 0.478 e. The zero-order chi connectivity index (χ0) is 13.6. The lowest BCUT2D eigenvalue weighted by Crippen LogP contribution is -2.27. The highest BCUT2D eigenvalue weighted by Gasteiger charge is 2.16. The average Bonchev–Trinajstić information content (AvgIpc) is 2.24. The lowest BCUT2D eigenvalue weighted by molar-refractivity contribution is 0.0636. The number of aromatic nitrogens is 1. The van der Waals surface area contributed by atoms with E-state index in [1.807, 2.05) is 27.7 Å². The molecule has 0 aliphatic rings. The zero-order valence-electron chi connectivity index (χ0n) is 11.3. The number of hydrogen-bond donors (Lipinski definition) is 1. The van der Waals surface area contributed by atoms with Gasteiger partial charge in [0.2, 0.25) is 5.88 Å². The Morgan fingerprint density at radius 2 is 2.17 bits per heavy atom. The fourth-order valence-corrected chi connectivity index (χ4v) is 1.19. The van der Waals surface area contributed by atoms with E-state index >= 15 is 0 Å². The van der Waals surface area contributed by atoms with Crippen molar-refractivity contribution in [2.24, 2.45) is 0 Å². The summed E-state index contributed by atoms with van der Waals surface area (Å²) in [6, 6.07) is 3.35. The maximum Gasteiger partial charge on any atom is 0.412 e. The second kappa shape index (κ2) is 6.23. The van der Waals surface area contributed by atoms with Gasteiger partial charge in [0.25, 0.3) is 0 Å². The highest BCUT2D eigenvalue weighted by Crippen LogP contribution is 2.15. The van der Waals surface area contributed by atoms with Crippen LogP contribution in [0.25, 0.3) is 0 Å². The molecule has 0 bridgehead atoms. The Bertz CT molecular complexity index is 399. The summed E-state index contributed by atoms with van der Waals surface area (Å²) < 4.78 is 10.5. The number of carbonyl (C=O) groups excluding carboxylic acids is 1. The van der Waals surface area contributed by atoms with Crippen LogP contribution in [0.2, 0.25) is 0 Å². The normalized spacial score (nSPS) is 10.9. The molecule has 0 atom stereocenters. The van der Waals surface area contributed by atoms with Crippen LogP contribution in [0.3, 0.4) is 0 Å². The molecule has 0 aliphatic heterocycles. The van der Waals surface area contributed by atoms with Crippen molar-refractivity contribution in [3.8, 4) is 5.88 Å². The number of amides is 1. The molecule has 0 saturated heterocycles. The van der Waals surface area contributed by atoms with Crippen LogP contribution in [-0.4, -0.2) is 23.3 Å². The van der Waals surface area contributed by atoms with Gasteiger partial charge >= 0.3 is 6.09 Å². The second-order valence-corrected chi connectivity index (χ2v) is 4.86. The van der Waals surface area contributed by atoms with Crippen LogP contribution >= 0.6 is 0 Å². The molecule has 18 heavy (non-hydrogen) atoms. The van der Waals surface area contributed by atoms with E-state index in [2.05, 4.69) is 10.3 Å². The Labute approximate surface area is 108 Å². The van der Waals surface area contributed by atoms with E-state index in [0.29, 0.717) is 18.2 Å². The minimum Gasteiger partial charge on any atom is -0.478 e. The molecule has 1 N–H and O–H groups in total. The molecule has 5 nitrogen and oxygen atoms in total. The van der Waals surface area contributed by atoms with Gasteiger partial charge in [0, 0.05) is 12.3 Å². The van der Waals surface area contributed by atoms with Crippen LogP contribution in [0.1, 0.15) is 34.1 Å². The first-order valence-corrected chi connectivity index (χ1v) is 5.99. The van der Waals surface area contributed by atoms with Gasteiger partial charge in [0.15, 0.2) is 0 Å². The Morgan fingerprint density at radius 3 is 2.78 bits per heavy atom. The molecule has 5 heteroatoms. The summed E-state index contributed by atoms with van der Waals surface area (Å²) in [5.41, 5.74) is 0.0870. The lowest BCUT2D eigenvalue weighted by Gasteiger charge is -2.19. The number of pyridine rings is 1. The fourth-order valence-electron chi connectivity index (χ4n) is 1.19. The number of hydrogen-bond acceptors (Lipinski definition) is 4. The highest BCUT2D eigenvalue weighted by molar-refractivity contribution is 5.84. The van der Waals surface area contributed by atoms with Gasteiger partial charge in [-0.25, -0.2) is 9.78 Å². The summed E-state index contributed by atoms with van der Waals surface area (Å²) in [5, 5.41) is 2.63. The molecule has 0 saturated carbocycles.